The zero-order valence-electron chi connectivity index (χ0n) is 29.4. The second kappa shape index (κ2) is 11.8. The average molecular weight is 671 g/mol. The van der Waals surface area contributed by atoms with E-state index in [-0.39, 0.29) is 17.7 Å². The molecule has 0 saturated heterocycles. The summed E-state index contributed by atoms with van der Waals surface area (Å²) in [5.41, 5.74) is 16.1. The Morgan fingerprint density at radius 3 is 1.69 bits per heavy atom. The van der Waals surface area contributed by atoms with E-state index in [4.69, 9.17) is 0 Å². The fraction of sp³-hybridized carbons (Fsp3) is 0.122. The van der Waals surface area contributed by atoms with Gasteiger partial charge in [0.1, 0.15) is 0 Å². The summed E-state index contributed by atoms with van der Waals surface area (Å²) in [5, 5.41) is 7.83. The quantitative estimate of drug-likeness (QED) is 0.175. The first kappa shape index (κ1) is 30.8. The maximum absolute atomic E-state index is 3.96. The van der Waals surface area contributed by atoms with Crippen LogP contribution in [0.15, 0.2) is 176 Å². The van der Waals surface area contributed by atoms with E-state index in [1.54, 1.807) is 0 Å². The highest BCUT2D eigenvalue weighted by Gasteiger charge is 2.54. The van der Waals surface area contributed by atoms with E-state index in [0.717, 1.165) is 5.84 Å². The van der Waals surface area contributed by atoms with Crippen molar-refractivity contribution in [2.45, 2.75) is 37.0 Å². The maximum Gasteiger partial charge on any atom is 0.278 e. The summed E-state index contributed by atoms with van der Waals surface area (Å²) in [4.78, 5) is 3.96. The van der Waals surface area contributed by atoms with Crippen LogP contribution in [0.1, 0.15) is 76.3 Å². The molecule has 3 nitrogen and oxygen atoms in total. The minimum atomic E-state index is -0.444. The second-order valence-electron chi connectivity index (χ2n) is 14.8. The van der Waals surface area contributed by atoms with Gasteiger partial charge in [0.05, 0.1) is 11.0 Å². The van der Waals surface area contributed by atoms with Gasteiger partial charge in [-0.1, -0.05) is 178 Å². The predicted molar refractivity (Wildman–Crippen MR) is 211 cm³/mol. The fourth-order valence-corrected chi connectivity index (χ4v) is 9.39. The Morgan fingerprint density at radius 2 is 0.981 bits per heavy atom. The van der Waals surface area contributed by atoms with E-state index < -0.39 is 5.41 Å². The largest absolute Gasteiger partial charge is 0.278 e. The third kappa shape index (κ3) is 4.46. The van der Waals surface area contributed by atoms with E-state index in [1.165, 1.54) is 72.3 Å². The number of benzene rings is 7. The van der Waals surface area contributed by atoms with Crippen molar-refractivity contribution in [3.05, 3.63) is 226 Å². The van der Waals surface area contributed by atoms with Crippen molar-refractivity contribution in [2.24, 2.45) is 0 Å². The molecule has 2 atom stereocenters. The minimum Gasteiger partial charge on any atom is -0.254 e. The van der Waals surface area contributed by atoms with E-state index >= 15 is 0 Å². The van der Waals surface area contributed by atoms with Gasteiger partial charge in [-0.15, -0.1) is 0 Å². The van der Waals surface area contributed by atoms with E-state index in [1.807, 2.05) is 0 Å². The van der Waals surface area contributed by atoms with Gasteiger partial charge in [0, 0.05) is 22.1 Å². The third-order valence-corrected chi connectivity index (χ3v) is 11.7. The molecule has 250 valence electrons. The summed E-state index contributed by atoms with van der Waals surface area (Å²) >= 11 is 0. The second-order valence-corrected chi connectivity index (χ2v) is 14.8. The van der Waals surface area contributed by atoms with E-state index in [2.05, 4.69) is 205 Å². The molecule has 0 bridgehead atoms. The zero-order valence-corrected chi connectivity index (χ0v) is 29.4. The molecule has 1 heterocycles. The molecule has 0 fully saturated rings. The van der Waals surface area contributed by atoms with Crippen molar-refractivity contribution < 1.29 is 4.99 Å². The van der Waals surface area contributed by atoms with Crippen LogP contribution in [0.3, 0.4) is 0 Å². The first-order chi connectivity index (χ1) is 25.5. The molecule has 7 aromatic carbocycles. The van der Waals surface area contributed by atoms with Crippen molar-refractivity contribution in [2.75, 3.05) is 0 Å². The fourth-order valence-electron chi connectivity index (χ4n) is 9.39. The van der Waals surface area contributed by atoms with E-state index in [0.29, 0.717) is 0 Å². The number of hydrogen-bond donors (Lipinski definition) is 3. The summed E-state index contributed by atoms with van der Waals surface area (Å²) in [6.45, 7) is 4.76. The SMILES string of the molecule is CC1(C)c2ccccc2C2(c3ccccc3-c3c(C4=[NH+]C(c5cccc(-c6ccccc6)c5)NC(c5ccccc5)N4)cccc32)c2ccccc21. The van der Waals surface area contributed by atoms with Gasteiger partial charge in [-0.3, -0.25) is 10.3 Å². The lowest BCUT2D eigenvalue weighted by Crippen LogP contribution is -2.85. The zero-order chi connectivity index (χ0) is 34.9. The Kier molecular flexibility index (Phi) is 6.96. The van der Waals surface area contributed by atoms with Gasteiger partial charge in [-0.2, -0.15) is 0 Å². The normalized spacial score (nSPS) is 18.7. The van der Waals surface area contributed by atoms with Crippen LogP contribution in [-0.4, -0.2) is 5.84 Å². The van der Waals surface area contributed by atoms with Crippen molar-refractivity contribution in [1.82, 2.24) is 10.6 Å². The maximum atomic E-state index is 3.96. The lowest BCUT2D eigenvalue weighted by Gasteiger charge is -2.46. The first-order valence-corrected chi connectivity index (χ1v) is 18.4. The van der Waals surface area contributed by atoms with Crippen LogP contribution < -0.4 is 15.6 Å². The number of hydrogen-bond acceptors (Lipinski definition) is 2. The van der Waals surface area contributed by atoms with Gasteiger partial charge in [0.25, 0.3) is 5.84 Å². The van der Waals surface area contributed by atoms with Gasteiger partial charge in [0.15, 0.2) is 12.3 Å². The van der Waals surface area contributed by atoms with Crippen molar-refractivity contribution in [3.8, 4) is 22.3 Å². The number of fused-ring (bicyclic) bond motifs is 9. The molecular formula is C49H40N3+. The minimum absolute atomic E-state index is 0.110. The Labute approximate surface area is 305 Å². The summed E-state index contributed by atoms with van der Waals surface area (Å²) < 4.78 is 0. The van der Waals surface area contributed by atoms with Crippen molar-refractivity contribution >= 4 is 5.84 Å². The smallest absolute Gasteiger partial charge is 0.254 e. The molecule has 0 amide bonds. The van der Waals surface area contributed by atoms with Crippen molar-refractivity contribution in [1.29, 1.82) is 0 Å². The van der Waals surface area contributed by atoms with Gasteiger partial charge in [0.2, 0.25) is 0 Å². The average Bonchev–Trinajstić information content (AvgIpc) is 3.52. The highest BCUT2D eigenvalue weighted by Crippen LogP contribution is 2.62. The Balaban J connectivity index is 1.21. The number of rotatable bonds is 4. The van der Waals surface area contributed by atoms with Crippen LogP contribution in [0.5, 0.6) is 0 Å². The van der Waals surface area contributed by atoms with Gasteiger partial charge >= 0.3 is 0 Å². The monoisotopic (exact) mass is 670 g/mol. The molecular weight excluding hydrogens is 631 g/mol. The summed E-state index contributed by atoms with van der Waals surface area (Å²) in [5.74, 6) is 1.02. The molecule has 1 spiro atoms. The first-order valence-electron chi connectivity index (χ1n) is 18.4. The standard InChI is InChI=1S/C49H39N3/c1-48(2)39-26-11-13-28-41(39)49(42-29-14-12-27-40(42)48)38-25-10-9-23-36(38)44-37(24-16-30-43(44)49)47-51-45(33-19-7-4-8-20-33)50-46(52-47)35-22-15-21-34(31-35)32-17-5-3-6-18-32/h3-31,45-46,50H,1-2H3,(H,51,52)/p+1. The van der Waals surface area contributed by atoms with E-state index in [9.17, 15) is 0 Å². The van der Waals surface area contributed by atoms with Crippen LogP contribution in [0, 0.1) is 0 Å². The predicted octanol–water partition coefficient (Wildman–Crippen LogP) is 8.77. The van der Waals surface area contributed by atoms with Gasteiger partial charge in [-0.25, -0.2) is 5.32 Å². The summed E-state index contributed by atoms with van der Waals surface area (Å²) in [6.07, 6.45) is -0.246. The van der Waals surface area contributed by atoms with Crippen LogP contribution in [0.4, 0.5) is 0 Å². The highest BCUT2D eigenvalue weighted by atomic mass is 15.3. The molecule has 52 heavy (non-hydrogen) atoms. The topological polar surface area (TPSA) is 38.0 Å². The molecule has 3 heteroatoms. The summed E-state index contributed by atoms with van der Waals surface area (Å²) in [6, 6.07) is 64.6. The molecule has 2 unspecified atom stereocenters. The molecule has 0 aromatic heterocycles. The molecule has 7 aromatic rings. The van der Waals surface area contributed by atoms with Crippen molar-refractivity contribution in [3.63, 3.8) is 0 Å². The van der Waals surface area contributed by atoms with Crippen LogP contribution in [0.25, 0.3) is 22.3 Å². The Morgan fingerprint density at radius 1 is 0.462 bits per heavy atom. The lowest BCUT2D eigenvalue weighted by atomic mass is 9.55. The third-order valence-electron chi connectivity index (χ3n) is 11.7. The molecule has 10 rings (SSSR count). The van der Waals surface area contributed by atoms with Gasteiger partial charge in [-0.05, 0) is 62.2 Å². The van der Waals surface area contributed by atoms with Gasteiger partial charge < -0.3 is 0 Å². The molecule has 3 N–H and O–H groups in total. The Hall–Kier alpha value is -6.03. The molecule has 1 aliphatic heterocycles. The number of amidine groups is 1. The molecule has 3 aliphatic rings. The highest BCUT2D eigenvalue weighted by molar-refractivity contribution is 6.05. The lowest BCUT2D eigenvalue weighted by molar-refractivity contribution is -0.527. The summed E-state index contributed by atoms with van der Waals surface area (Å²) in [7, 11) is 0. The molecule has 0 saturated carbocycles. The molecule has 2 aliphatic carbocycles. The molecule has 0 radical (unpaired) electrons. The van der Waals surface area contributed by atoms with Crippen LogP contribution in [-0.2, 0) is 10.8 Å². The Bertz CT molecular complexity index is 2460. The van der Waals surface area contributed by atoms with Crippen LogP contribution in [0.2, 0.25) is 0 Å². The van der Waals surface area contributed by atoms with Crippen LogP contribution >= 0.6 is 0 Å². The number of nitrogens with one attached hydrogen (secondary N) is 3.